The van der Waals surface area contributed by atoms with Crippen LogP contribution in [0.15, 0.2) is 24.3 Å². The Morgan fingerprint density at radius 1 is 1.19 bits per heavy atom. The lowest BCUT2D eigenvalue weighted by Gasteiger charge is -2.16. The van der Waals surface area contributed by atoms with Gasteiger partial charge < -0.3 is 9.64 Å². The summed E-state index contributed by atoms with van der Waals surface area (Å²) in [6.45, 7) is 1.84. The van der Waals surface area contributed by atoms with Crippen molar-refractivity contribution in [3.8, 4) is 11.8 Å². The highest BCUT2D eigenvalue weighted by molar-refractivity contribution is 6.30. The molecule has 0 amide bonds. The van der Waals surface area contributed by atoms with Crippen LogP contribution in [0.4, 0.5) is 11.9 Å². The summed E-state index contributed by atoms with van der Waals surface area (Å²) >= 11 is 5.93. The molecule has 0 radical (unpaired) electrons. The first-order valence-electron chi connectivity index (χ1n) is 6.65. The number of aromatic nitrogens is 3. The number of halogens is 1. The number of nitrogens with two attached hydrogens (primary N) is 1. The first-order chi connectivity index (χ1) is 10.2. The van der Waals surface area contributed by atoms with Crippen LogP contribution >= 0.6 is 11.6 Å². The fourth-order valence-electron chi connectivity index (χ4n) is 2.15. The minimum absolute atomic E-state index is 0.183. The number of anilines is 2. The molecule has 1 aromatic carbocycles. The standard InChI is InChI=1S/C13H15ClN6O/c14-9-4-3-5-10(8-9)21-13-17-11(19-15)16-12(18-13)20-6-1-2-7-20/h3-5,8H,1-2,6-7,15H2,(H,16,17,18,19). The predicted octanol–water partition coefficient (Wildman–Crippen LogP) is 2.20. The Morgan fingerprint density at radius 2 is 2.00 bits per heavy atom. The van der Waals surface area contributed by atoms with E-state index >= 15 is 0 Å². The summed E-state index contributed by atoms with van der Waals surface area (Å²) in [4.78, 5) is 14.8. The van der Waals surface area contributed by atoms with E-state index in [0.717, 1.165) is 25.9 Å². The van der Waals surface area contributed by atoms with Gasteiger partial charge in [-0.1, -0.05) is 17.7 Å². The predicted molar refractivity (Wildman–Crippen MR) is 80.6 cm³/mol. The minimum atomic E-state index is 0.183. The van der Waals surface area contributed by atoms with Gasteiger partial charge in [0, 0.05) is 18.1 Å². The van der Waals surface area contributed by atoms with E-state index in [-0.39, 0.29) is 12.0 Å². The highest BCUT2D eigenvalue weighted by Gasteiger charge is 2.18. The minimum Gasteiger partial charge on any atom is -0.424 e. The van der Waals surface area contributed by atoms with Crippen molar-refractivity contribution < 1.29 is 4.74 Å². The van der Waals surface area contributed by atoms with Gasteiger partial charge in [0.05, 0.1) is 0 Å². The van der Waals surface area contributed by atoms with Crippen molar-refractivity contribution in [3.63, 3.8) is 0 Å². The summed E-state index contributed by atoms with van der Waals surface area (Å²) < 4.78 is 5.63. The Labute approximate surface area is 127 Å². The molecule has 0 spiro atoms. The Balaban J connectivity index is 1.88. The Morgan fingerprint density at radius 3 is 2.71 bits per heavy atom. The third-order valence-electron chi connectivity index (χ3n) is 3.13. The van der Waals surface area contributed by atoms with Crippen molar-refractivity contribution in [1.29, 1.82) is 0 Å². The van der Waals surface area contributed by atoms with Gasteiger partial charge in [0.25, 0.3) is 0 Å². The smallest absolute Gasteiger partial charge is 0.328 e. The molecule has 1 aromatic heterocycles. The number of rotatable bonds is 4. The summed E-state index contributed by atoms with van der Waals surface area (Å²) in [5.41, 5.74) is 2.43. The average Bonchev–Trinajstić information content (AvgIpc) is 3.01. The van der Waals surface area contributed by atoms with E-state index in [4.69, 9.17) is 22.2 Å². The molecule has 2 aromatic rings. The van der Waals surface area contributed by atoms with Crippen LogP contribution in [0.1, 0.15) is 12.8 Å². The number of hydrogen-bond acceptors (Lipinski definition) is 7. The van der Waals surface area contributed by atoms with Crippen molar-refractivity contribution in [3.05, 3.63) is 29.3 Å². The van der Waals surface area contributed by atoms with Crippen LogP contribution in [0, 0.1) is 0 Å². The van der Waals surface area contributed by atoms with Crippen molar-refractivity contribution in [2.24, 2.45) is 5.84 Å². The molecule has 1 aliphatic rings. The maximum Gasteiger partial charge on any atom is 0.328 e. The molecule has 3 rings (SSSR count). The maximum atomic E-state index is 5.93. The third-order valence-corrected chi connectivity index (χ3v) is 3.36. The van der Waals surface area contributed by atoms with Crippen LogP contribution in [0.5, 0.6) is 11.8 Å². The molecule has 0 bridgehead atoms. The molecule has 7 nitrogen and oxygen atoms in total. The Kier molecular flexibility index (Phi) is 4.03. The average molecular weight is 307 g/mol. The Hall–Kier alpha value is -2.12. The Bertz CT molecular complexity index is 632. The third kappa shape index (κ3) is 3.32. The van der Waals surface area contributed by atoms with Crippen LogP contribution in [0.3, 0.4) is 0 Å². The summed E-state index contributed by atoms with van der Waals surface area (Å²) in [6, 6.07) is 7.21. The number of nitrogens with one attached hydrogen (secondary N) is 1. The van der Waals surface area contributed by atoms with Gasteiger partial charge in [0.1, 0.15) is 5.75 Å². The lowest BCUT2D eigenvalue weighted by molar-refractivity contribution is 0.440. The lowest BCUT2D eigenvalue weighted by atomic mass is 10.3. The van der Waals surface area contributed by atoms with Crippen LogP contribution in [0.25, 0.3) is 0 Å². The highest BCUT2D eigenvalue weighted by atomic mass is 35.5. The topological polar surface area (TPSA) is 89.2 Å². The number of hydrazine groups is 1. The van der Waals surface area contributed by atoms with Gasteiger partial charge in [-0.05, 0) is 31.0 Å². The molecule has 1 fully saturated rings. The normalized spacial score (nSPS) is 14.3. The van der Waals surface area contributed by atoms with Crippen molar-refractivity contribution in [2.45, 2.75) is 12.8 Å². The van der Waals surface area contributed by atoms with Crippen LogP contribution in [-0.4, -0.2) is 28.0 Å². The molecule has 0 saturated carbocycles. The van der Waals surface area contributed by atoms with Gasteiger partial charge in [0.2, 0.25) is 11.9 Å². The zero-order valence-corrected chi connectivity index (χ0v) is 12.0. The van der Waals surface area contributed by atoms with Crippen LogP contribution < -0.4 is 20.9 Å². The van der Waals surface area contributed by atoms with Crippen molar-refractivity contribution >= 4 is 23.5 Å². The van der Waals surface area contributed by atoms with Gasteiger partial charge in [0.15, 0.2) is 0 Å². The van der Waals surface area contributed by atoms with Gasteiger partial charge >= 0.3 is 6.01 Å². The second kappa shape index (κ2) is 6.11. The van der Waals surface area contributed by atoms with E-state index in [9.17, 15) is 0 Å². The first kappa shape index (κ1) is 13.8. The molecule has 0 unspecified atom stereocenters. The molecular weight excluding hydrogens is 292 g/mol. The molecule has 8 heteroatoms. The van der Waals surface area contributed by atoms with Gasteiger partial charge in [-0.2, -0.15) is 15.0 Å². The zero-order chi connectivity index (χ0) is 14.7. The summed E-state index contributed by atoms with van der Waals surface area (Å²) in [6.07, 6.45) is 2.25. The van der Waals surface area contributed by atoms with E-state index in [1.165, 1.54) is 0 Å². The second-order valence-electron chi connectivity index (χ2n) is 4.64. The monoisotopic (exact) mass is 306 g/mol. The highest BCUT2D eigenvalue weighted by Crippen LogP contribution is 2.24. The summed E-state index contributed by atoms with van der Waals surface area (Å²) in [5, 5.41) is 0.582. The van der Waals surface area contributed by atoms with E-state index in [1.807, 2.05) is 0 Å². The van der Waals surface area contributed by atoms with Crippen molar-refractivity contribution in [1.82, 2.24) is 15.0 Å². The molecule has 21 heavy (non-hydrogen) atoms. The molecule has 2 heterocycles. The summed E-state index contributed by atoms with van der Waals surface area (Å²) in [5.74, 6) is 6.80. The molecule has 3 N–H and O–H groups in total. The first-order valence-corrected chi connectivity index (χ1v) is 7.03. The van der Waals surface area contributed by atoms with Crippen LogP contribution in [0.2, 0.25) is 5.02 Å². The van der Waals surface area contributed by atoms with Crippen LogP contribution in [-0.2, 0) is 0 Å². The molecule has 1 saturated heterocycles. The van der Waals surface area contributed by atoms with Gasteiger partial charge in [-0.3, -0.25) is 5.43 Å². The fraction of sp³-hybridized carbons (Fsp3) is 0.308. The molecule has 110 valence electrons. The number of nitrogens with zero attached hydrogens (tertiary/aromatic N) is 4. The number of hydrogen-bond donors (Lipinski definition) is 2. The van der Waals surface area contributed by atoms with E-state index < -0.39 is 0 Å². The zero-order valence-electron chi connectivity index (χ0n) is 11.3. The van der Waals surface area contributed by atoms with Gasteiger partial charge in [-0.15, -0.1) is 0 Å². The second-order valence-corrected chi connectivity index (χ2v) is 5.08. The molecular formula is C13H15ClN6O. The largest absolute Gasteiger partial charge is 0.424 e. The number of benzene rings is 1. The van der Waals surface area contributed by atoms with E-state index in [1.54, 1.807) is 24.3 Å². The molecule has 0 atom stereocenters. The van der Waals surface area contributed by atoms with Crippen molar-refractivity contribution in [2.75, 3.05) is 23.4 Å². The SMILES string of the molecule is NNc1nc(Oc2cccc(Cl)c2)nc(N2CCCC2)n1. The molecule has 1 aliphatic heterocycles. The quantitative estimate of drug-likeness (QED) is 0.661. The van der Waals surface area contributed by atoms with Gasteiger partial charge in [-0.25, -0.2) is 5.84 Å². The maximum absolute atomic E-state index is 5.93. The van der Waals surface area contributed by atoms with E-state index in [0.29, 0.717) is 16.7 Å². The molecule has 0 aliphatic carbocycles. The summed E-state index contributed by atoms with van der Waals surface area (Å²) in [7, 11) is 0. The lowest BCUT2D eigenvalue weighted by Crippen LogP contribution is -2.22. The van der Waals surface area contributed by atoms with E-state index in [2.05, 4.69) is 25.3 Å². The number of nitrogen functional groups attached to an aromatic ring is 1. The fourth-order valence-corrected chi connectivity index (χ4v) is 2.33. The number of ether oxygens (including phenoxy) is 1.